The van der Waals surface area contributed by atoms with E-state index in [1.54, 1.807) is 0 Å². The number of ether oxygens (including phenoxy) is 2. The topological polar surface area (TPSA) is 47.5 Å². The van der Waals surface area contributed by atoms with Crippen molar-refractivity contribution in [2.45, 2.75) is 25.9 Å². The van der Waals surface area contributed by atoms with Gasteiger partial charge in [-0.15, -0.1) is 8.75 Å². The summed E-state index contributed by atoms with van der Waals surface area (Å²) < 4.78 is 19.7. The van der Waals surface area contributed by atoms with E-state index in [4.69, 9.17) is 9.47 Å². The van der Waals surface area contributed by atoms with E-state index in [1.807, 2.05) is 6.92 Å². The second kappa shape index (κ2) is 4.78. The highest BCUT2D eigenvalue weighted by Crippen LogP contribution is 2.33. The van der Waals surface area contributed by atoms with Crippen molar-refractivity contribution in [3.05, 3.63) is 0 Å². The summed E-state index contributed by atoms with van der Waals surface area (Å²) in [6.07, 6.45) is 2.75. The fraction of sp³-hybridized carbons (Fsp3) is 0.818. The molecule has 0 unspecified atom stereocenters. The van der Waals surface area contributed by atoms with E-state index in [-0.39, 0.29) is 6.10 Å². The Morgan fingerprint density at radius 2 is 2.06 bits per heavy atom. The van der Waals surface area contributed by atoms with E-state index in [1.165, 1.54) is 25.9 Å². The van der Waals surface area contributed by atoms with Gasteiger partial charge in [0.1, 0.15) is 6.10 Å². The first-order valence-electron chi connectivity index (χ1n) is 6.21. The van der Waals surface area contributed by atoms with E-state index < -0.39 is 0 Å². The van der Waals surface area contributed by atoms with Crippen LogP contribution in [0.5, 0.6) is 11.8 Å². The second-order valence-electron chi connectivity index (χ2n) is 4.60. The molecule has 0 saturated carbocycles. The van der Waals surface area contributed by atoms with E-state index in [9.17, 15) is 0 Å². The van der Waals surface area contributed by atoms with Crippen molar-refractivity contribution in [2.24, 2.45) is 5.92 Å². The van der Waals surface area contributed by atoms with Crippen molar-refractivity contribution in [3.8, 4) is 11.8 Å². The van der Waals surface area contributed by atoms with Crippen LogP contribution >= 0.6 is 11.7 Å². The molecule has 0 amide bonds. The Bertz CT molecular complexity index is 377. The summed E-state index contributed by atoms with van der Waals surface area (Å²) >= 11 is 1.15. The van der Waals surface area contributed by atoms with Crippen molar-refractivity contribution >= 4 is 11.7 Å². The molecule has 0 aliphatic carbocycles. The average molecular weight is 255 g/mol. The fourth-order valence-corrected chi connectivity index (χ4v) is 3.10. The molecule has 0 N–H and O–H groups in total. The maximum absolute atomic E-state index is 5.98. The molecule has 94 valence electrons. The van der Waals surface area contributed by atoms with Crippen LogP contribution in [0.2, 0.25) is 0 Å². The quantitative estimate of drug-likeness (QED) is 0.814. The van der Waals surface area contributed by atoms with Gasteiger partial charge in [-0.3, -0.25) is 4.90 Å². The summed E-state index contributed by atoms with van der Waals surface area (Å²) in [5.74, 6) is 1.81. The smallest absolute Gasteiger partial charge is 0.291 e. The third kappa shape index (κ3) is 2.24. The zero-order valence-corrected chi connectivity index (χ0v) is 10.8. The largest absolute Gasteiger partial charge is 0.473 e. The molecular formula is C11H17N3O2S. The van der Waals surface area contributed by atoms with Crippen LogP contribution in [0.25, 0.3) is 0 Å². The highest BCUT2D eigenvalue weighted by molar-refractivity contribution is 6.99. The third-order valence-electron chi connectivity index (χ3n) is 3.57. The molecule has 0 spiro atoms. The van der Waals surface area contributed by atoms with Crippen LogP contribution < -0.4 is 9.47 Å². The predicted molar refractivity (Wildman–Crippen MR) is 64.7 cm³/mol. The lowest BCUT2D eigenvalue weighted by atomic mass is 9.86. The monoisotopic (exact) mass is 255 g/mol. The first-order chi connectivity index (χ1) is 8.36. The Labute approximate surface area is 105 Å². The fourth-order valence-electron chi connectivity index (χ4n) is 2.66. The molecule has 17 heavy (non-hydrogen) atoms. The molecule has 3 aliphatic heterocycles. The second-order valence-corrected chi connectivity index (χ2v) is 5.13. The summed E-state index contributed by atoms with van der Waals surface area (Å²) in [4.78, 5) is 2.46. The number of fused-ring (bicyclic) bond motifs is 3. The van der Waals surface area contributed by atoms with Gasteiger partial charge in [-0.05, 0) is 38.8 Å². The van der Waals surface area contributed by atoms with Gasteiger partial charge in [0.25, 0.3) is 11.8 Å². The summed E-state index contributed by atoms with van der Waals surface area (Å²) in [6, 6.07) is 0. The van der Waals surface area contributed by atoms with Crippen LogP contribution in [-0.4, -0.2) is 46.0 Å². The molecule has 5 nitrogen and oxygen atoms in total. The first-order valence-corrected chi connectivity index (χ1v) is 6.94. The van der Waals surface area contributed by atoms with Crippen LogP contribution in [0.3, 0.4) is 0 Å². The number of nitrogens with zero attached hydrogens (tertiary/aromatic N) is 3. The van der Waals surface area contributed by atoms with Crippen molar-refractivity contribution in [1.82, 2.24) is 13.6 Å². The molecule has 1 atom stereocenters. The minimum absolute atomic E-state index is 0.264. The van der Waals surface area contributed by atoms with E-state index in [0.717, 1.165) is 18.3 Å². The van der Waals surface area contributed by atoms with Gasteiger partial charge in [0.15, 0.2) is 0 Å². The molecule has 1 aromatic rings. The lowest BCUT2D eigenvalue weighted by Gasteiger charge is -2.43. The Morgan fingerprint density at radius 1 is 1.29 bits per heavy atom. The molecule has 0 radical (unpaired) electrons. The van der Waals surface area contributed by atoms with Gasteiger partial charge >= 0.3 is 0 Å². The highest BCUT2D eigenvalue weighted by Gasteiger charge is 2.36. The highest BCUT2D eigenvalue weighted by atomic mass is 32.1. The lowest BCUT2D eigenvalue weighted by Crippen LogP contribution is -2.52. The summed E-state index contributed by atoms with van der Waals surface area (Å²) in [5, 5.41) is 0. The van der Waals surface area contributed by atoms with Crippen molar-refractivity contribution in [1.29, 1.82) is 0 Å². The number of hydrogen-bond donors (Lipinski definition) is 0. The first kappa shape index (κ1) is 11.2. The van der Waals surface area contributed by atoms with Crippen molar-refractivity contribution in [2.75, 3.05) is 26.2 Å². The van der Waals surface area contributed by atoms with Crippen molar-refractivity contribution in [3.63, 3.8) is 0 Å². The van der Waals surface area contributed by atoms with Crippen molar-refractivity contribution < 1.29 is 9.47 Å². The Kier molecular flexibility index (Phi) is 3.15. The zero-order valence-electron chi connectivity index (χ0n) is 9.96. The molecule has 1 aromatic heterocycles. The van der Waals surface area contributed by atoms with E-state index >= 15 is 0 Å². The van der Waals surface area contributed by atoms with Gasteiger partial charge in [0.05, 0.1) is 18.3 Å². The normalized spacial score (nSPS) is 31.5. The maximum atomic E-state index is 5.98. The molecule has 4 rings (SSSR count). The number of aromatic nitrogens is 2. The summed E-state index contributed by atoms with van der Waals surface area (Å²) in [7, 11) is 0. The van der Waals surface area contributed by atoms with Gasteiger partial charge in [-0.25, -0.2) is 0 Å². The van der Waals surface area contributed by atoms with Crippen LogP contribution in [0.4, 0.5) is 0 Å². The third-order valence-corrected chi connectivity index (χ3v) is 4.07. The summed E-state index contributed by atoms with van der Waals surface area (Å²) in [5.41, 5.74) is 0. The number of piperidine rings is 3. The Morgan fingerprint density at radius 3 is 2.71 bits per heavy atom. The maximum Gasteiger partial charge on any atom is 0.291 e. The van der Waals surface area contributed by atoms with Crippen LogP contribution in [-0.2, 0) is 0 Å². The number of hydrogen-bond acceptors (Lipinski definition) is 6. The molecule has 6 heteroatoms. The van der Waals surface area contributed by atoms with Gasteiger partial charge in [0, 0.05) is 6.54 Å². The minimum Gasteiger partial charge on any atom is -0.473 e. The van der Waals surface area contributed by atoms with E-state index in [2.05, 4.69) is 13.6 Å². The molecule has 0 aromatic carbocycles. The average Bonchev–Trinajstić information content (AvgIpc) is 2.79. The van der Waals surface area contributed by atoms with Crippen LogP contribution in [0.1, 0.15) is 19.8 Å². The van der Waals surface area contributed by atoms with E-state index in [0.29, 0.717) is 24.3 Å². The summed E-state index contributed by atoms with van der Waals surface area (Å²) in [6.45, 7) is 6.00. The Hall–Kier alpha value is -0.880. The SMILES string of the molecule is CCOc1nsnc1O[C@H]1CN2CCC1CC2. The molecule has 2 bridgehead atoms. The van der Waals surface area contributed by atoms with Gasteiger partial charge in [0.2, 0.25) is 0 Å². The minimum atomic E-state index is 0.264. The van der Waals surface area contributed by atoms with Crippen LogP contribution in [0.15, 0.2) is 0 Å². The lowest BCUT2D eigenvalue weighted by molar-refractivity contribution is -0.0110. The number of rotatable bonds is 4. The standard InChI is InChI=1S/C11H17N3O2S/c1-2-15-10-11(13-17-12-10)16-9-7-14-5-3-8(9)4-6-14/h8-9H,2-7H2,1H3/t9-/m0/s1. The van der Waals surface area contributed by atoms with Gasteiger partial charge < -0.3 is 9.47 Å². The molecule has 3 fully saturated rings. The van der Waals surface area contributed by atoms with Crippen LogP contribution in [0, 0.1) is 5.92 Å². The molecule has 3 saturated heterocycles. The Balaban J connectivity index is 1.68. The van der Waals surface area contributed by atoms with Gasteiger partial charge in [-0.2, -0.15) is 0 Å². The predicted octanol–water partition coefficient (Wildman–Crippen LogP) is 1.41. The molecule has 3 aliphatic rings. The zero-order chi connectivity index (χ0) is 11.7. The molecule has 4 heterocycles. The van der Waals surface area contributed by atoms with Gasteiger partial charge in [-0.1, -0.05) is 0 Å². The molecular weight excluding hydrogens is 238 g/mol.